The summed E-state index contributed by atoms with van der Waals surface area (Å²) < 4.78 is 9.95. The summed E-state index contributed by atoms with van der Waals surface area (Å²) in [4.78, 5) is 23.5. The number of nitrogens with one attached hydrogen (secondary N) is 2. The van der Waals surface area contributed by atoms with E-state index in [-0.39, 0.29) is 18.1 Å². The summed E-state index contributed by atoms with van der Waals surface area (Å²) in [5, 5.41) is 5.84. The van der Waals surface area contributed by atoms with Gasteiger partial charge < -0.3 is 20.1 Å². The van der Waals surface area contributed by atoms with Gasteiger partial charge in [0.2, 0.25) is 0 Å². The second kappa shape index (κ2) is 8.09. The van der Waals surface area contributed by atoms with Crippen molar-refractivity contribution in [2.24, 2.45) is 5.92 Å². The molecule has 0 radical (unpaired) electrons. The minimum atomic E-state index is -0.569. The molecule has 0 saturated carbocycles. The van der Waals surface area contributed by atoms with E-state index >= 15 is 0 Å². The van der Waals surface area contributed by atoms with Gasteiger partial charge in [0, 0.05) is 18.6 Å². The lowest BCUT2D eigenvalue weighted by Crippen LogP contribution is -2.48. The van der Waals surface area contributed by atoms with E-state index < -0.39 is 17.6 Å². The fourth-order valence-electron chi connectivity index (χ4n) is 1.57. The summed E-state index contributed by atoms with van der Waals surface area (Å²) in [5.41, 5.74) is -0.569. The van der Waals surface area contributed by atoms with Crippen molar-refractivity contribution in [2.75, 3.05) is 13.7 Å². The Labute approximate surface area is 121 Å². The number of rotatable bonds is 6. The smallest absolute Gasteiger partial charge is 0.407 e. The van der Waals surface area contributed by atoms with Gasteiger partial charge in [-0.25, -0.2) is 4.79 Å². The first-order valence-corrected chi connectivity index (χ1v) is 6.87. The second-order valence-corrected chi connectivity index (χ2v) is 6.13. The van der Waals surface area contributed by atoms with Crippen LogP contribution in [0.1, 0.15) is 41.5 Å². The summed E-state index contributed by atoms with van der Waals surface area (Å²) in [7, 11) is 1.34. The highest BCUT2D eigenvalue weighted by Gasteiger charge is 2.28. The quantitative estimate of drug-likeness (QED) is 0.727. The summed E-state index contributed by atoms with van der Waals surface area (Å²) in [6, 6.07) is -0.139. The minimum absolute atomic E-state index is 0.246. The molecule has 0 bridgehead atoms. The predicted molar refractivity (Wildman–Crippen MR) is 77.5 cm³/mol. The van der Waals surface area contributed by atoms with Crippen LogP contribution in [0.15, 0.2) is 0 Å². The Morgan fingerprint density at radius 1 is 1.15 bits per heavy atom. The van der Waals surface area contributed by atoms with Gasteiger partial charge in [0.05, 0.1) is 13.0 Å². The van der Waals surface area contributed by atoms with Gasteiger partial charge in [-0.2, -0.15) is 0 Å². The zero-order valence-corrected chi connectivity index (χ0v) is 13.6. The van der Waals surface area contributed by atoms with E-state index in [0.29, 0.717) is 6.54 Å². The summed E-state index contributed by atoms with van der Waals surface area (Å²) >= 11 is 0. The third-order valence-electron chi connectivity index (χ3n) is 2.60. The molecular weight excluding hydrogens is 260 g/mol. The highest BCUT2D eigenvalue weighted by atomic mass is 16.6. The van der Waals surface area contributed by atoms with Crippen LogP contribution >= 0.6 is 0 Å². The average Bonchev–Trinajstić information content (AvgIpc) is 2.25. The lowest BCUT2D eigenvalue weighted by molar-refractivity contribution is -0.146. The molecule has 0 aromatic carbocycles. The first-order chi connectivity index (χ1) is 9.06. The van der Waals surface area contributed by atoms with E-state index in [1.165, 1.54) is 7.11 Å². The van der Waals surface area contributed by atoms with Crippen molar-refractivity contribution in [3.63, 3.8) is 0 Å². The van der Waals surface area contributed by atoms with Crippen LogP contribution in [-0.4, -0.2) is 43.4 Å². The molecule has 0 aromatic heterocycles. The molecule has 1 amide bonds. The molecule has 2 atom stereocenters. The van der Waals surface area contributed by atoms with Gasteiger partial charge in [0.1, 0.15) is 5.60 Å². The van der Waals surface area contributed by atoms with Gasteiger partial charge >= 0.3 is 12.1 Å². The number of hydrogen-bond donors (Lipinski definition) is 2. The van der Waals surface area contributed by atoms with Crippen molar-refractivity contribution in [3.05, 3.63) is 0 Å². The summed E-state index contributed by atoms with van der Waals surface area (Å²) in [6.45, 7) is 11.5. The zero-order chi connectivity index (χ0) is 15.9. The number of esters is 1. The number of hydrogen-bond acceptors (Lipinski definition) is 5. The molecule has 6 nitrogen and oxygen atoms in total. The van der Waals surface area contributed by atoms with Crippen LogP contribution < -0.4 is 10.6 Å². The Morgan fingerprint density at radius 2 is 1.70 bits per heavy atom. The van der Waals surface area contributed by atoms with Crippen molar-refractivity contribution < 1.29 is 19.1 Å². The second-order valence-electron chi connectivity index (χ2n) is 6.13. The highest BCUT2D eigenvalue weighted by Crippen LogP contribution is 2.10. The number of methoxy groups -OCH3 is 1. The van der Waals surface area contributed by atoms with E-state index in [1.807, 2.05) is 13.8 Å². The van der Waals surface area contributed by atoms with Crippen molar-refractivity contribution in [1.29, 1.82) is 0 Å². The SMILES string of the molecule is COC(=O)[C@H](CNC(C)C)[C@@H](C)NC(=O)OC(C)(C)C. The van der Waals surface area contributed by atoms with E-state index in [1.54, 1.807) is 27.7 Å². The molecule has 0 saturated heterocycles. The normalized spacial score (nSPS) is 14.6. The lowest BCUT2D eigenvalue weighted by Gasteiger charge is -2.26. The molecule has 0 heterocycles. The molecule has 0 aliphatic heterocycles. The Kier molecular flexibility index (Phi) is 7.57. The fraction of sp³-hybridized carbons (Fsp3) is 0.857. The van der Waals surface area contributed by atoms with Crippen molar-refractivity contribution >= 4 is 12.1 Å². The molecule has 0 spiro atoms. The maximum atomic E-state index is 11.8. The van der Waals surface area contributed by atoms with Crippen LogP contribution in [0, 0.1) is 5.92 Å². The molecule has 118 valence electrons. The standard InChI is InChI=1S/C14H28N2O4/c1-9(2)15-8-11(12(17)19-7)10(3)16-13(18)20-14(4,5)6/h9-11,15H,8H2,1-7H3,(H,16,18)/t10-,11-/m1/s1. The van der Waals surface area contributed by atoms with Crippen LogP contribution in [-0.2, 0) is 14.3 Å². The molecule has 20 heavy (non-hydrogen) atoms. The first-order valence-electron chi connectivity index (χ1n) is 6.87. The van der Waals surface area contributed by atoms with Crippen LogP contribution in [0.5, 0.6) is 0 Å². The van der Waals surface area contributed by atoms with E-state index in [0.717, 1.165) is 0 Å². The van der Waals surface area contributed by atoms with Gasteiger partial charge in [-0.3, -0.25) is 4.79 Å². The third kappa shape index (κ3) is 7.99. The van der Waals surface area contributed by atoms with Crippen LogP contribution in [0.25, 0.3) is 0 Å². The van der Waals surface area contributed by atoms with Gasteiger partial charge in [0.15, 0.2) is 0 Å². The van der Waals surface area contributed by atoms with Crippen molar-refractivity contribution in [3.8, 4) is 0 Å². The van der Waals surface area contributed by atoms with E-state index in [4.69, 9.17) is 9.47 Å². The molecule has 0 fully saturated rings. The Balaban J connectivity index is 4.58. The van der Waals surface area contributed by atoms with Crippen LogP contribution in [0.2, 0.25) is 0 Å². The number of alkyl carbamates (subject to hydrolysis) is 1. The number of carbonyl (C=O) groups excluding carboxylic acids is 2. The zero-order valence-electron chi connectivity index (χ0n) is 13.6. The van der Waals surface area contributed by atoms with Gasteiger partial charge in [-0.15, -0.1) is 0 Å². The molecule has 0 aliphatic rings. The van der Waals surface area contributed by atoms with Crippen molar-refractivity contribution in [2.45, 2.75) is 59.2 Å². The number of amides is 1. The number of carbonyl (C=O) groups is 2. The van der Waals surface area contributed by atoms with Crippen molar-refractivity contribution in [1.82, 2.24) is 10.6 Å². The number of ether oxygens (including phenoxy) is 2. The molecular formula is C14H28N2O4. The van der Waals surface area contributed by atoms with Crippen LogP contribution in [0.3, 0.4) is 0 Å². The largest absolute Gasteiger partial charge is 0.469 e. The average molecular weight is 288 g/mol. The molecule has 0 aliphatic carbocycles. The maximum absolute atomic E-state index is 11.8. The molecule has 6 heteroatoms. The summed E-state index contributed by atoms with van der Waals surface area (Å²) in [5.74, 6) is -0.823. The van der Waals surface area contributed by atoms with Crippen LogP contribution in [0.4, 0.5) is 4.79 Å². The fourth-order valence-corrected chi connectivity index (χ4v) is 1.57. The topological polar surface area (TPSA) is 76.7 Å². The van der Waals surface area contributed by atoms with E-state index in [2.05, 4.69) is 10.6 Å². The Hall–Kier alpha value is -1.30. The molecule has 2 N–H and O–H groups in total. The molecule has 0 rings (SSSR count). The Morgan fingerprint density at radius 3 is 2.10 bits per heavy atom. The third-order valence-corrected chi connectivity index (χ3v) is 2.60. The Bertz CT molecular complexity index is 324. The van der Waals surface area contributed by atoms with Gasteiger partial charge in [-0.1, -0.05) is 13.8 Å². The first kappa shape index (κ1) is 18.7. The molecule has 0 unspecified atom stereocenters. The monoisotopic (exact) mass is 288 g/mol. The summed E-state index contributed by atoms with van der Waals surface area (Å²) in [6.07, 6.45) is -0.538. The molecule has 0 aromatic rings. The van der Waals surface area contributed by atoms with Gasteiger partial charge in [-0.05, 0) is 27.7 Å². The minimum Gasteiger partial charge on any atom is -0.469 e. The predicted octanol–water partition coefficient (Wildman–Crippen LogP) is 1.69. The highest BCUT2D eigenvalue weighted by molar-refractivity contribution is 5.75. The lowest BCUT2D eigenvalue weighted by atomic mass is 10.0. The van der Waals surface area contributed by atoms with Gasteiger partial charge in [0.25, 0.3) is 0 Å². The maximum Gasteiger partial charge on any atom is 0.407 e. The van der Waals surface area contributed by atoms with E-state index in [9.17, 15) is 9.59 Å².